The molecule has 2 heteroatoms. The number of Topliss-reactive ketones (excluding diaryl/α,β-unsaturated/α-hetero) is 1. The molecule has 0 heterocycles. The van der Waals surface area contributed by atoms with Crippen LogP contribution in [0.3, 0.4) is 0 Å². The van der Waals surface area contributed by atoms with Crippen molar-refractivity contribution in [3.05, 3.63) is 11.6 Å². The van der Waals surface area contributed by atoms with Crippen molar-refractivity contribution in [3.8, 4) is 0 Å². The number of fused-ring (bicyclic) bond motifs is 5. The molecule has 0 amide bonds. The van der Waals surface area contributed by atoms with Gasteiger partial charge in [0.2, 0.25) is 0 Å². The van der Waals surface area contributed by atoms with Crippen molar-refractivity contribution >= 4 is 5.78 Å². The molecular weight excluding hydrogens is 272 g/mol. The van der Waals surface area contributed by atoms with E-state index >= 15 is 0 Å². The third-order valence-electron chi connectivity index (χ3n) is 8.01. The lowest BCUT2D eigenvalue weighted by atomic mass is 9.47. The van der Waals surface area contributed by atoms with Gasteiger partial charge in [0.15, 0.2) is 0 Å². The Hall–Kier alpha value is -0.630. The Morgan fingerprint density at radius 1 is 1.18 bits per heavy atom. The first-order valence-electron chi connectivity index (χ1n) is 9.45. The van der Waals surface area contributed by atoms with Gasteiger partial charge in [0.05, 0.1) is 0 Å². The Balaban J connectivity index is 1.72. The molecule has 0 aromatic carbocycles. The van der Waals surface area contributed by atoms with Gasteiger partial charge in [-0.05, 0) is 74.5 Å². The highest BCUT2D eigenvalue weighted by Gasteiger charge is 2.59. The average Bonchev–Trinajstić information content (AvgIpc) is 2.83. The highest BCUT2D eigenvalue weighted by atomic mass is 16.3. The molecule has 2 nitrogen and oxygen atoms in total. The van der Waals surface area contributed by atoms with Crippen LogP contribution >= 0.6 is 0 Å². The largest absolute Gasteiger partial charge is 0.396 e. The van der Waals surface area contributed by atoms with Crippen LogP contribution in [0.4, 0.5) is 0 Å². The van der Waals surface area contributed by atoms with Gasteiger partial charge in [-0.1, -0.05) is 25.0 Å². The minimum Gasteiger partial charge on any atom is -0.396 e. The topological polar surface area (TPSA) is 37.3 Å². The predicted molar refractivity (Wildman–Crippen MR) is 87.4 cm³/mol. The van der Waals surface area contributed by atoms with Crippen LogP contribution in [-0.2, 0) is 4.79 Å². The molecule has 0 spiro atoms. The Bertz CT molecular complexity index is 504. The lowest BCUT2D eigenvalue weighted by molar-refractivity contribution is -0.132. The summed E-state index contributed by atoms with van der Waals surface area (Å²) in [7, 11) is 0. The van der Waals surface area contributed by atoms with E-state index in [1.165, 1.54) is 38.5 Å². The van der Waals surface area contributed by atoms with E-state index < -0.39 is 0 Å². The third kappa shape index (κ3) is 1.85. The lowest BCUT2D eigenvalue weighted by Gasteiger charge is -2.57. The summed E-state index contributed by atoms with van der Waals surface area (Å²) in [5, 5.41) is 9.74. The number of aliphatic hydroxyl groups excluding tert-OH is 1. The van der Waals surface area contributed by atoms with Gasteiger partial charge in [-0.25, -0.2) is 0 Å². The molecule has 22 heavy (non-hydrogen) atoms. The summed E-state index contributed by atoms with van der Waals surface area (Å²) in [6.45, 7) is 2.57. The van der Waals surface area contributed by atoms with Gasteiger partial charge in [-0.15, -0.1) is 0 Å². The average molecular weight is 302 g/mol. The molecule has 3 fully saturated rings. The zero-order valence-electron chi connectivity index (χ0n) is 13.9. The van der Waals surface area contributed by atoms with E-state index in [1.807, 2.05) is 0 Å². The van der Waals surface area contributed by atoms with Crippen molar-refractivity contribution in [2.45, 2.75) is 71.1 Å². The van der Waals surface area contributed by atoms with Crippen molar-refractivity contribution in [3.63, 3.8) is 0 Å². The molecule has 5 atom stereocenters. The van der Waals surface area contributed by atoms with Crippen molar-refractivity contribution in [1.29, 1.82) is 0 Å². The van der Waals surface area contributed by atoms with Gasteiger partial charge in [0.25, 0.3) is 0 Å². The summed E-state index contributed by atoms with van der Waals surface area (Å²) in [5.41, 5.74) is 1.92. The van der Waals surface area contributed by atoms with Crippen molar-refractivity contribution < 1.29 is 9.90 Å². The third-order valence-corrected chi connectivity index (χ3v) is 8.01. The van der Waals surface area contributed by atoms with E-state index in [1.54, 1.807) is 5.57 Å². The Morgan fingerprint density at radius 3 is 2.86 bits per heavy atom. The van der Waals surface area contributed by atoms with Crippen molar-refractivity contribution in [2.75, 3.05) is 6.61 Å². The van der Waals surface area contributed by atoms with Crippen molar-refractivity contribution in [2.24, 2.45) is 28.6 Å². The highest BCUT2D eigenvalue weighted by Crippen LogP contribution is 2.64. The monoisotopic (exact) mass is 302 g/mol. The van der Waals surface area contributed by atoms with Gasteiger partial charge < -0.3 is 5.11 Å². The fourth-order valence-electron chi connectivity index (χ4n) is 6.92. The summed E-state index contributed by atoms with van der Waals surface area (Å²) in [6.07, 6.45) is 14.1. The Labute approximate surface area is 134 Å². The maximum absolute atomic E-state index is 12.4. The van der Waals surface area contributed by atoms with Crippen LogP contribution in [0.2, 0.25) is 0 Å². The first-order valence-corrected chi connectivity index (χ1v) is 9.45. The molecule has 122 valence electrons. The zero-order chi connectivity index (χ0) is 15.4. The molecule has 0 saturated heterocycles. The summed E-state index contributed by atoms with van der Waals surface area (Å²) < 4.78 is 0. The summed E-state index contributed by atoms with van der Waals surface area (Å²) in [4.78, 5) is 12.4. The van der Waals surface area contributed by atoms with E-state index in [0.29, 0.717) is 24.2 Å². The highest BCUT2D eigenvalue weighted by molar-refractivity contribution is 5.87. The molecule has 4 rings (SSSR count). The van der Waals surface area contributed by atoms with Crippen LogP contribution in [0.1, 0.15) is 71.1 Å². The van der Waals surface area contributed by atoms with E-state index in [-0.39, 0.29) is 10.8 Å². The van der Waals surface area contributed by atoms with Crippen molar-refractivity contribution in [1.82, 2.24) is 0 Å². The van der Waals surface area contributed by atoms with Gasteiger partial charge in [0, 0.05) is 18.4 Å². The van der Waals surface area contributed by atoms with E-state index in [0.717, 1.165) is 31.6 Å². The lowest BCUT2D eigenvalue weighted by Crippen LogP contribution is -2.50. The SMILES string of the molecule is C[C@]12CC[C@H]3[C@@H](CC=C4CCCC[C@@]43CCO)[C@@H]1CCC2=O. The number of rotatable bonds is 2. The van der Waals surface area contributed by atoms with Crippen LogP contribution in [0.5, 0.6) is 0 Å². The maximum Gasteiger partial charge on any atom is 0.139 e. The number of carbonyl (C=O) groups excluding carboxylic acids is 1. The molecular formula is C20H30O2. The van der Waals surface area contributed by atoms with Gasteiger partial charge >= 0.3 is 0 Å². The van der Waals surface area contributed by atoms with E-state index in [2.05, 4.69) is 13.0 Å². The molecule has 4 aliphatic rings. The fraction of sp³-hybridized carbons (Fsp3) is 0.850. The molecule has 0 bridgehead atoms. The molecule has 0 radical (unpaired) electrons. The van der Waals surface area contributed by atoms with Crippen LogP contribution in [0.15, 0.2) is 11.6 Å². The minimum atomic E-state index is -0.0262. The maximum atomic E-state index is 12.4. The number of hydrogen-bond donors (Lipinski definition) is 1. The molecule has 0 unspecified atom stereocenters. The van der Waals surface area contributed by atoms with Gasteiger partial charge in [0.1, 0.15) is 5.78 Å². The number of hydrogen-bond acceptors (Lipinski definition) is 2. The standard InChI is InChI=1S/C20H30O2/c1-19-11-9-17-15(16(19)7-8-18(19)22)6-5-14-4-2-3-10-20(14,17)12-13-21/h5,15-17,21H,2-4,6-13H2,1H3/t15-,16-,17-,19-,20+/m0/s1. The molecule has 0 aromatic rings. The minimum absolute atomic E-state index is 0.0262. The van der Waals surface area contributed by atoms with Gasteiger partial charge in [-0.2, -0.15) is 0 Å². The molecule has 0 aliphatic heterocycles. The van der Waals surface area contributed by atoms with Gasteiger partial charge in [-0.3, -0.25) is 4.79 Å². The second-order valence-corrected chi connectivity index (χ2v) is 8.60. The quantitative estimate of drug-likeness (QED) is 0.773. The number of carbonyl (C=O) groups is 1. The first kappa shape index (κ1) is 14.9. The van der Waals surface area contributed by atoms with E-state index in [4.69, 9.17) is 0 Å². The molecule has 0 aromatic heterocycles. The number of ketones is 1. The van der Waals surface area contributed by atoms with Crippen LogP contribution in [-0.4, -0.2) is 17.5 Å². The molecule has 3 saturated carbocycles. The first-order chi connectivity index (χ1) is 10.6. The summed E-state index contributed by atoms with van der Waals surface area (Å²) in [5.74, 6) is 2.56. The van der Waals surface area contributed by atoms with Crippen LogP contribution < -0.4 is 0 Å². The fourth-order valence-corrected chi connectivity index (χ4v) is 6.92. The van der Waals surface area contributed by atoms with Crippen LogP contribution in [0, 0.1) is 28.6 Å². The summed E-state index contributed by atoms with van der Waals surface area (Å²) in [6, 6.07) is 0. The van der Waals surface area contributed by atoms with E-state index in [9.17, 15) is 9.90 Å². The number of aliphatic hydroxyl groups is 1. The zero-order valence-corrected chi connectivity index (χ0v) is 13.9. The Morgan fingerprint density at radius 2 is 2.05 bits per heavy atom. The number of allylic oxidation sites excluding steroid dienone is 2. The molecule has 1 N–H and O–H groups in total. The second kappa shape index (κ2) is 5.19. The normalized spacial score (nSPS) is 47.5. The van der Waals surface area contributed by atoms with Crippen LogP contribution in [0.25, 0.3) is 0 Å². The smallest absolute Gasteiger partial charge is 0.139 e. The Kier molecular flexibility index (Phi) is 3.52. The molecule has 4 aliphatic carbocycles. The summed E-state index contributed by atoms with van der Waals surface area (Å²) >= 11 is 0. The predicted octanol–water partition coefficient (Wildman–Crippen LogP) is 4.27. The second-order valence-electron chi connectivity index (χ2n) is 8.60.